The third-order valence-corrected chi connectivity index (χ3v) is 5.16. The van der Waals surface area contributed by atoms with Crippen molar-refractivity contribution in [2.24, 2.45) is 0 Å². The molecule has 0 saturated carbocycles. The highest BCUT2D eigenvalue weighted by atomic mass is 19.1. The summed E-state index contributed by atoms with van der Waals surface area (Å²) in [4.78, 5) is 13.1. The Morgan fingerprint density at radius 2 is 2.00 bits per heavy atom. The van der Waals surface area contributed by atoms with Gasteiger partial charge in [-0.25, -0.2) is 9.07 Å². The summed E-state index contributed by atoms with van der Waals surface area (Å²) in [6, 6.07) is 13.5. The van der Waals surface area contributed by atoms with Crippen molar-refractivity contribution in [1.29, 1.82) is 0 Å². The summed E-state index contributed by atoms with van der Waals surface area (Å²) in [5, 5.41) is 10.7. The molecule has 7 heteroatoms. The van der Waals surface area contributed by atoms with E-state index < -0.39 is 0 Å². The number of rotatable bonds is 5. The molecular weight excluding hydrogens is 371 g/mol. The summed E-state index contributed by atoms with van der Waals surface area (Å²) in [6.07, 6.45) is 3.35. The standard InChI is InChI=1S/C22H23FN4O2/c1-29-19-7-3-5-17(13-19)26-22(28)20-14-25-27(18-6-2-4-16(23)12-18)21(20)15-8-10-24-11-9-15/h2-7,12-15,24H,8-11H2,1H3,(H,26,28). The van der Waals surface area contributed by atoms with E-state index in [4.69, 9.17) is 4.74 Å². The molecule has 4 rings (SSSR count). The molecule has 1 aliphatic heterocycles. The number of nitrogens with one attached hydrogen (secondary N) is 2. The second-order valence-corrected chi connectivity index (χ2v) is 7.05. The second kappa shape index (κ2) is 8.45. The molecule has 3 aromatic rings. The number of hydrogen-bond acceptors (Lipinski definition) is 4. The molecule has 0 atom stereocenters. The number of aromatic nitrogens is 2. The van der Waals surface area contributed by atoms with Gasteiger partial charge in [-0.05, 0) is 56.3 Å². The normalized spacial score (nSPS) is 14.6. The van der Waals surface area contributed by atoms with E-state index in [0.29, 0.717) is 22.7 Å². The Morgan fingerprint density at radius 1 is 1.21 bits per heavy atom. The fraction of sp³-hybridized carbons (Fsp3) is 0.273. The van der Waals surface area contributed by atoms with Crippen LogP contribution in [-0.4, -0.2) is 35.9 Å². The summed E-state index contributed by atoms with van der Waals surface area (Å²) >= 11 is 0. The van der Waals surface area contributed by atoms with Crippen molar-refractivity contribution in [1.82, 2.24) is 15.1 Å². The largest absolute Gasteiger partial charge is 0.497 e. The lowest BCUT2D eigenvalue weighted by atomic mass is 9.91. The Bertz CT molecular complexity index is 1010. The summed E-state index contributed by atoms with van der Waals surface area (Å²) in [5.41, 5.74) is 2.57. The molecule has 0 unspecified atom stereocenters. The van der Waals surface area contributed by atoms with Crippen molar-refractivity contribution in [3.05, 3.63) is 71.8 Å². The van der Waals surface area contributed by atoms with Crippen LogP contribution < -0.4 is 15.4 Å². The van der Waals surface area contributed by atoms with Crippen LogP contribution in [0.25, 0.3) is 5.69 Å². The van der Waals surface area contributed by atoms with E-state index in [2.05, 4.69) is 15.7 Å². The zero-order valence-electron chi connectivity index (χ0n) is 16.2. The van der Waals surface area contributed by atoms with Crippen LogP contribution in [0.3, 0.4) is 0 Å². The van der Waals surface area contributed by atoms with Crippen LogP contribution in [0.15, 0.2) is 54.7 Å². The van der Waals surface area contributed by atoms with Crippen molar-refractivity contribution in [3.63, 3.8) is 0 Å². The van der Waals surface area contributed by atoms with Gasteiger partial charge in [-0.3, -0.25) is 4.79 Å². The molecule has 1 aromatic heterocycles. The van der Waals surface area contributed by atoms with Crippen LogP contribution in [0.2, 0.25) is 0 Å². The number of carbonyl (C=O) groups is 1. The molecule has 1 amide bonds. The van der Waals surface area contributed by atoms with E-state index in [1.165, 1.54) is 12.1 Å². The minimum absolute atomic E-state index is 0.160. The van der Waals surface area contributed by atoms with E-state index in [1.54, 1.807) is 36.2 Å². The number of piperidine rings is 1. The van der Waals surface area contributed by atoms with E-state index >= 15 is 0 Å². The molecule has 0 spiro atoms. The van der Waals surface area contributed by atoms with Gasteiger partial charge in [0.05, 0.1) is 30.3 Å². The van der Waals surface area contributed by atoms with Gasteiger partial charge in [0.25, 0.3) is 5.91 Å². The Hall–Kier alpha value is -3.19. The maximum atomic E-state index is 13.8. The van der Waals surface area contributed by atoms with Crippen molar-refractivity contribution in [2.45, 2.75) is 18.8 Å². The number of nitrogens with zero attached hydrogens (tertiary/aromatic N) is 2. The quantitative estimate of drug-likeness (QED) is 0.692. The monoisotopic (exact) mass is 394 g/mol. The number of ether oxygens (including phenoxy) is 1. The molecule has 0 bridgehead atoms. The van der Waals surface area contributed by atoms with Gasteiger partial charge >= 0.3 is 0 Å². The molecule has 29 heavy (non-hydrogen) atoms. The summed E-state index contributed by atoms with van der Waals surface area (Å²) in [6.45, 7) is 1.74. The number of carbonyl (C=O) groups excluding carboxylic acids is 1. The first-order valence-corrected chi connectivity index (χ1v) is 9.65. The van der Waals surface area contributed by atoms with Crippen LogP contribution in [0.1, 0.15) is 34.8 Å². The zero-order chi connectivity index (χ0) is 20.2. The van der Waals surface area contributed by atoms with Crippen molar-refractivity contribution in [2.75, 3.05) is 25.5 Å². The lowest BCUT2D eigenvalue weighted by Crippen LogP contribution is -2.29. The first-order chi connectivity index (χ1) is 14.2. The summed E-state index contributed by atoms with van der Waals surface area (Å²) < 4.78 is 20.7. The van der Waals surface area contributed by atoms with E-state index in [-0.39, 0.29) is 17.6 Å². The molecular formula is C22H23FN4O2. The highest BCUT2D eigenvalue weighted by Gasteiger charge is 2.27. The molecule has 1 fully saturated rings. The molecule has 150 valence electrons. The Morgan fingerprint density at radius 3 is 2.76 bits per heavy atom. The van der Waals surface area contributed by atoms with Crippen molar-refractivity contribution < 1.29 is 13.9 Å². The van der Waals surface area contributed by atoms with Crippen LogP contribution in [0, 0.1) is 5.82 Å². The predicted octanol–water partition coefficient (Wildman–Crippen LogP) is 3.74. The second-order valence-electron chi connectivity index (χ2n) is 7.05. The van der Waals surface area contributed by atoms with E-state index in [1.807, 2.05) is 18.2 Å². The Labute approximate surface area is 168 Å². The average molecular weight is 394 g/mol. The van der Waals surface area contributed by atoms with Gasteiger partial charge in [-0.15, -0.1) is 0 Å². The maximum absolute atomic E-state index is 13.8. The van der Waals surface area contributed by atoms with Crippen LogP contribution in [0.4, 0.5) is 10.1 Å². The topological polar surface area (TPSA) is 68.2 Å². The van der Waals surface area contributed by atoms with Gasteiger partial charge in [-0.1, -0.05) is 12.1 Å². The number of amides is 1. The first kappa shape index (κ1) is 19.1. The molecule has 0 aliphatic carbocycles. The highest BCUT2D eigenvalue weighted by molar-refractivity contribution is 6.05. The molecule has 1 aliphatic rings. The smallest absolute Gasteiger partial charge is 0.259 e. The zero-order valence-corrected chi connectivity index (χ0v) is 16.2. The fourth-order valence-electron chi connectivity index (χ4n) is 3.73. The third kappa shape index (κ3) is 4.14. The maximum Gasteiger partial charge on any atom is 0.259 e. The fourth-order valence-corrected chi connectivity index (χ4v) is 3.73. The Kier molecular flexibility index (Phi) is 5.57. The Balaban J connectivity index is 1.71. The number of benzene rings is 2. The third-order valence-electron chi connectivity index (χ3n) is 5.16. The minimum atomic E-state index is -0.336. The van der Waals surface area contributed by atoms with Crippen molar-refractivity contribution >= 4 is 11.6 Å². The lowest BCUT2D eigenvalue weighted by Gasteiger charge is -2.24. The van der Waals surface area contributed by atoms with Gasteiger partial charge in [0, 0.05) is 17.7 Å². The van der Waals surface area contributed by atoms with Crippen LogP contribution >= 0.6 is 0 Å². The average Bonchev–Trinajstić information content (AvgIpc) is 3.20. The minimum Gasteiger partial charge on any atom is -0.497 e. The van der Waals surface area contributed by atoms with Gasteiger partial charge < -0.3 is 15.4 Å². The van der Waals surface area contributed by atoms with Gasteiger partial charge in [0.15, 0.2) is 0 Å². The lowest BCUT2D eigenvalue weighted by molar-refractivity contribution is 0.102. The van der Waals surface area contributed by atoms with E-state index in [9.17, 15) is 9.18 Å². The molecule has 2 N–H and O–H groups in total. The molecule has 2 aromatic carbocycles. The molecule has 2 heterocycles. The van der Waals surface area contributed by atoms with Gasteiger partial charge in [0.1, 0.15) is 11.6 Å². The highest BCUT2D eigenvalue weighted by Crippen LogP contribution is 2.31. The van der Waals surface area contributed by atoms with Crippen LogP contribution in [0.5, 0.6) is 5.75 Å². The first-order valence-electron chi connectivity index (χ1n) is 9.65. The van der Waals surface area contributed by atoms with Gasteiger partial charge in [0.2, 0.25) is 0 Å². The number of hydrogen-bond donors (Lipinski definition) is 2. The molecule has 0 radical (unpaired) electrons. The van der Waals surface area contributed by atoms with Crippen LogP contribution in [-0.2, 0) is 0 Å². The SMILES string of the molecule is COc1cccc(NC(=O)c2cnn(-c3cccc(F)c3)c2C2CCNCC2)c1. The van der Waals surface area contributed by atoms with Gasteiger partial charge in [-0.2, -0.15) is 5.10 Å². The summed E-state index contributed by atoms with van der Waals surface area (Å²) in [7, 11) is 1.58. The number of anilines is 1. The molecule has 1 saturated heterocycles. The summed E-state index contributed by atoms with van der Waals surface area (Å²) in [5.74, 6) is 0.246. The number of methoxy groups -OCH3 is 1. The van der Waals surface area contributed by atoms with Crippen molar-refractivity contribution in [3.8, 4) is 11.4 Å². The molecule has 6 nitrogen and oxygen atoms in total. The predicted molar refractivity (Wildman–Crippen MR) is 109 cm³/mol. The number of halogens is 1. The van der Waals surface area contributed by atoms with E-state index in [0.717, 1.165) is 31.6 Å².